The van der Waals surface area contributed by atoms with Crippen molar-refractivity contribution in [1.29, 1.82) is 0 Å². The molecule has 33 heavy (non-hydrogen) atoms. The summed E-state index contributed by atoms with van der Waals surface area (Å²) in [5, 5.41) is 15.9. The molecule has 0 spiro atoms. The van der Waals surface area contributed by atoms with Crippen LogP contribution < -0.4 is 10.6 Å². The SMILES string of the molecule is Cc1cc(C(=O)NCC(=O)OCC(=O)Nc2ccccc2-c2ccccc2)ccc1[N+](=O)[O-]. The van der Waals surface area contributed by atoms with E-state index in [1.54, 1.807) is 12.1 Å². The Bertz CT molecular complexity index is 1190. The number of esters is 1. The van der Waals surface area contributed by atoms with E-state index in [0.29, 0.717) is 11.3 Å². The Morgan fingerprint density at radius 3 is 2.36 bits per heavy atom. The largest absolute Gasteiger partial charge is 0.454 e. The zero-order valence-electron chi connectivity index (χ0n) is 17.7. The molecule has 0 aliphatic heterocycles. The lowest BCUT2D eigenvalue weighted by atomic mass is 10.0. The van der Waals surface area contributed by atoms with E-state index in [1.807, 2.05) is 42.5 Å². The van der Waals surface area contributed by atoms with Crippen LogP contribution in [-0.2, 0) is 14.3 Å². The first kappa shape index (κ1) is 23.1. The van der Waals surface area contributed by atoms with Crippen molar-refractivity contribution in [2.75, 3.05) is 18.5 Å². The number of ether oxygens (including phenoxy) is 1. The number of nitrogens with one attached hydrogen (secondary N) is 2. The van der Waals surface area contributed by atoms with E-state index < -0.39 is 35.9 Å². The van der Waals surface area contributed by atoms with Crippen LogP contribution in [0.5, 0.6) is 0 Å². The molecule has 0 bridgehead atoms. The second-order valence-corrected chi connectivity index (χ2v) is 7.06. The third-order valence-corrected chi connectivity index (χ3v) is 4.70. The molecule has 0 saturated heterocycles. The number of aryl methyl sites for hydroxylation is 1. The van der Waals surface area contributed by atoms with E-state index in [2.05, 4.69) is 10.6 Å². The lowest BCUT2D eigenvalue weighted by molar-refractivity contribution is -0.385. The number of para-hydroxylation sites is 1. The Kier molecular flexibility index (Phi) is 7.48. The van der Waals surface area contributed by atoms with Crippen LogP contribution in [0.2, 0.25) is 0 Å². The first-order valence-electron chi connectivity index (χ1n) is 9.98. The maximum atomic E-state index is 12.3. The molecule has 0 aliphatic carbocycles. The highest BCUT2D eigenvalue weighted by Crippen LogP contribution is 2.27. The molecule has 0 fully saturated rings. The zero-order chi connectivity index (χ0) is 23.8. The number of hydrogen-bond donors (Lipinski definition) is 2. The highest BCUT2D eigenvalue weighted by atomic mass is 16.6. The van der Waals surface area contributed by atoms with Crippen LogP contribution in [0.15, 0.2) is 72.8 Å². The minimum absolute atomic E-state index is 0.106. The lowest BCUT2D eigenvalue weighted by Gasteiger charge is -2.12. The molecule has 3 aromatic rings. The van der Waals surface area contributed by atoms with Crippen LogP contribution in [0.4, 0.5) is 11.4 Å². The molecule has 0 aromatic heterocycles. The summed E-state index contributed by atoms with van der Waals surface area (Å²) in [4.78, 5) is 46.7. The van der Waals surface area contributed by atoms with Gasteiger partial charge < -0.3 is 15.4 Å². The maximum Gasteiger partial charge on any atom is 0.325 e. The normalized spacial score (nSPS) is 10.2. The highest BCUT2D eigenvalue weighted by molar-refractivity contribution is 5.98. The van der Waals surface area contributed by atoms with Gasteiger partial charge in [0.1, 0.15) is 6.54 Å². The van der Waals surface area contributed by atoms with Gasteiger partial charge in [0.2, 0.25) is 0 Å². The Labute approximate surface area is 189 Å². The van der Waals surface area contributed by atoms with Gasteiger partial charge in [-0.2, -0.15) is 0 Å². The van der Waals surface area contributed by atoms with Gasteiger partial charge in [-0.15, -0.1) is 0 Å². The molecule has 168 valence electrons. The molecule has 2 amide bonds. The first-order valence-corrected chi connectivity index (χ1v) is 9.98. The van der Waals surface area contributed by atoms with Gasteiger partial charge in [0.05, 0.1) is 4.92 Å². The van der Waals surface area contributed by atoms with Gasteiger partial charge in [-0.1, -0.05) is 48.5 Å². The van der Waals surface area contributed by atoms with Crippen molar-refractivity contribution in [2.45, 2.75) is 6.92 Å². The van der Waals surface area contributed by atoms with Crippen molar-refractivity contribution < 1.29 is 24.0 Å². The molecule has 0 aliphatic rings. The quantitative estimate of drug-likeness (QED) is 0.309. The number of amides is 2. The van der Waals surface area contributed by atoms with Crippen molar-refractivity contribution in [2.24, 2.45) is 0 Å². The fraction of sp³-hybridized carbons (Fsp3) is 0.125. The maximum absolute atomic E-state index is 12.3. The van der Waals surface area contributed by atoms with Crippen LogP contribution in [0.25, 0.3) is 11.1 Å². The third-order valence-electron chi connectivity index (χ3n) is 4.70. The monoisotopic (exact) mass is 447 g/mol. The molecule has 3 aromatic carbocycles. The number of benzene rings is 3. The van der Waals surface area contributed by atoms with E-state index in [-0.39, 0.29) is 11.3 Å². The van der Waals surface area contributed by atoms with Crippen molar-refractivity contribution in [3.63, 3.8) is 0 Å². The molecule has 0 unspecified atom stereocenters. The molecule has 0 heterocycles. The minimum Gasteiger partial charge on any atom is -0.454 e. The number of hydrogen-bond acceptors (Lipinski definition) is 6. The van der Waals surface area contributed by atoms with E-state index >= 15 is 0 Å². The van der Waals surface area contributed by atoms with E-state index in [4.69, 9.17) is 4.74 Å². The van der Waals surface area contributed by atoms with Crippen LogP contribution in [0, 0.1) is 17.0 Å². The molecule has 0 saturated carbocycles. The smallest absolute Gasteiger partial charge is 0.325 e. The van der Waals surface area contributed by atoms with E-state index in [1.165, 1.54) is 25.1 Å². The molecule has 0 atom stereocenters. The van der Waals surface area contributed by atoms with Gasteiger partial charge in [0.15, 0.2) is 6.61 Å². The van der Waals surface area contributed by atoms with Gasteiger partial charge in [0, 0.05) is 28.4 Å². The first-order chi connectivity index (χ1) is 15.8. The molecule has 3 rings (SSSR count). The second-order valence-electron chi connectivity index (χ2n) is 7.06. The summed E-state index contributed by atoms with van der Waals surface area (Å²) in [6.07, 6.45) is 0. The standard InChI is InChI=1S/C24H21N3O6/c1-16-13-18(11-12-21(16)27(31)32)24(30)25-14-23(29)33-15-22(28)26-20-10-6-5-9-19(20)17-7-3-2-4-8-17/h2-13H,14-15H2,1H3,(H,25,30)(H,26,28). The average Bonchev–Trinajstić information content (AvgIpc) is 2.81. The Balaban J connectivity index is 1.50. The Hall–Kier alpha value is -4.53. The minimum atomic E-state index is -0.798. The molecule has 9 heteroatoms. The van der Waals surface area contributed by atoms with E-state index in [0.717, 1.165) is 11.1 Å². The van der Waals surface area contributed by atoms with Crippen LogP contribution in [0.3, 0.4) is 0 Å². The Morgan fingerprint density at radius 2 is 1.67 bits per heavy atom. The molecular weight excluding hydrogens is 426 g/mol. The number of carbonyl (C=O) groups excluding carboxylic acids is 3. The molecule has 2 N–H and O–H groups in total. The Morgan fingerprint density at radius 1 is 0.970 bits per heavy atom. The fourth-order valence-corrected chi connectivity index (χ4v) is 3.10. The summed E-state index contributed by atoms with van der Waals surface area (Å²) >= 11 is 0. The number of nitro groups is 1. The fourth-order valence-electron chi connectivity index (χ4n) is 3.10. The number of anilines is 1. The summed E-state index contributed by atoms with van der Waals surface area (Å²) in [5.74, 6) is -1.91. The predicted molar refractivity (Wildman–Crippen MR) is 122 cm³/mol. The van der Waals surface area contributed by atoms with Gasteiger partial charge in [-0.3, -0.25) is 24.5 Å². The molecule has 9 nitrogen and oxygen atoms in total. The van der Waals surface area contributed by atoms with Crippen LogP contribution in [0.1, 0.15) is 15.9 Å². The molecular formula is C24H21N3O6. The third kappa shape index (κ3) is 6.23. The van der Waals surface area contributed by atoms with Crippen LogP contribution in [-0.4, -0.2) is 35.9 Å². The van der Waals surface area contributed by atoms with Crippen molar-refractivity contribution in [1.82, 2.24) is 5.32 Å². The van der Waals surface area contributed by atoms with Crippen molar-refractivity contribution in [3.8, 4) is 11.1 Å². The van der Waals surface area contributed by atoms with Crippen LogP contribution >= 0.6 is 0 Å². The second kappa shape index (κ2) is 10.7. The highest BCUT2D eigenvalue weighted by Gasteiger charge is 2.15. The molecule has 0 radical (unpaired) electrons. The van der Waals surface area contributed by atoms with E-state index in [9.17, 15) is 24.5 Å². The summed E-state index contributed by atoms with van der Waals surface area (Å²) < 4.78 is 4.93. The summed E-state index contributed by atoms with van der Waals surface area (Å²) in [7, 11) is 0. The summed E-state index contributed by atoms with van der Waals surface area (Å²) in [6, 6.07) is 20.6. The summed E-state index contributed by atoms with van der Waals surface area (Å²) in [6.45, 7) is 0.537. The van der Waals surface area contributed by atoms with Gasteiger partial charge >= 0.3 is 5.97 Å². The van der Waals surface area contributed by atoms with Gasteiger partial charge in [-0.25, -0.2) is 0 Å². The number of nitrogens with zero attached hydrogens (tertiary/aromatic N) is 1. The number of rotatable bonds is 8. The lowest BCUT2D eigenvalue weighted by Crippen LogP contribution is -2.32. The summed E-state index contributed by atoms with van der Waals surface area (Å²) in [5.41, 5.74) is 2.71. The van der Waals surface area contributed by atoms with Crippen molar-refractivity contribution >= 4 is 29.2 Å². The predicted octanol–water partition coefficient (Wildman–Crippen LogP) is 3.48. The topological polar surface area (TPSA) is 128 Å². The van der Waals surface area contributed by atoms with Gasteiger partial charge in [-0.05, 0) is 30.7 Å². The van der Waals surface area contributed by atoms with Gasteiger partial charge in [0.25, 0.3) is 17.5 Å². The zero-order valence-corrected chi connectivity index (χ0v) is 17.7. The number of carbonyl (C=O) groups is 3. The average molecular weight is 447 g/mol. The number of nitro benzene ring substituents is 1. The van der Waals surface area contributed by atoms with Crippen molar-refractivity contribution in [3.05, 3.63) is 94.0 Å².